The van der Waals surface area contributed by atoms with Gasteiger partial charge in [0.25, 0.3) is 0 Å². The van der Waals surface area contributed by atoms with E-state index in [2.05, 4.69) is 23.5 Å². The van der Waals surface area contributed by atoms with Gasteiger partial charge in [0.15, 0.2) is 0 Å². The van der Waals surface area contributed by atoms with Crippen LogP contribution in [-0.4, -0.2) is 0 Å². The molecule has 0 aromatic heterocycles. The summed E-state index contributed by atoms with van der Waals surface area (Å²) < 4.78 is 26.5. The van der Waals surface area contributed by atoms with Crippen molar-refractivity contribution in [2.75, 3.05) is 0 Å². The van der Waals surface area contributed by atoms with Crippen LogP contribution < -0.4 is 5.32 Å². The van der Waals surface area contributed by atoms with E-state index in [9.17, 15) is 8.78 Å². The van der Waals surface area contributed by atoms with Gasteiger partial charge in [-0.25, -0.2) is 8.78 Å². The van der Waals surface area contributed by atoms with E-state index >= 15 is 0 Å². The summed E-state index contributed by atoms with van der Waals surface area (Å²) in [6.45, 7) is 1.00. The van der Waals surface area contributed by atoms with Gasteiger partial charge in [-0.1, -0.05) is 18.2 Å². The van der Waals surface area contributed by atoms with Gasteiger partial charge >= 0.3 is 0 Å². The van der Waals surface area contributed by atoms with Crippen molar-refractivity contribution in [3.05, 3.63) is 70.3 Å². The average molecular weight is 273 g/mol. The lowest BCUT2D eigenvalue weighted by Crippen LogP contribution is -2.14. The minimum atomic E-state index is -0.402. The molecular weight excluding hydrogens is 256 g/mol. The van der Waals surface area contributed by atoms with Gasteiger partial charge in [-0.15, -0.1) is 0 Å². The molecule has 0 spiro atoms. The van der Waals surface area contributed by atoms with E-state index in [0.29, 0.717) is 18.7 Å². The fourth-order valence-corrected chi connectivity index (χ4v) is 2.76. The molecule has 104 valence electrons. The summed E-state index contributed by atoms with van der Waals surface area (Å²) in [5.74, 6) is -0.770. The molecule has 1 aliphatic carbocycles. The van der Waals surface area contributed by atoms with Crippen molar-refractivity contribution in [3.63, 3.8) is 0 Å². The molecular formula is C17H17F2N. The Morgan fingerprint density at radius 3 is 2.65 bits per heavy atom. The van der Waals surface area contributed by atoms with Crippen LogP contribution in [0.25, 0.3) is 0 Å². The number of halogens is 2. The highest BCUT2D eigenvalue weighted by atomic mass is 19.1. The van der Waals surface area contributed by atoms with E-state index in [1.54, 1.807) is 0 Å². The Bertz CT molecular complexity index is 622. The summed E-state index contributed by atoms with van der Waals surface area (Å²) in [6.07, 6.45) is 3.57. The molecule has 0 heterocycles. The van der Waals surface area contributed by atoms with Crippen LogP contribution in [0.3, 0.4) is 0 Å². The number of fused-ring (bicyclic) bond motifs is 1. The molecule has 2 aromatic rings. The molecule has 1 N–H and O–H groups in total. The van der Waals surface area contributed by atoms with Gasteiger partial charge in [0.2, 0.25) is 0 Å². The quantitative estimate of drug-likeness (QED) is 0.894. The van der Waals surface area contributed by atoms with Crippen molar-refractivity contribution in [1.29, 1.82) is 0 Å². The highest BCUT2D eigenvalue weighted by Crippen LogP contribution is 2.22. The van der Waals surface area contributed by atoms with Gasteiger partial charge in [-0.3, -0.25) is 0 Å². The number of rotatable bonds is 4. The zero-order chi connectivity index (χ0) is 13.9. The fraction of sp³-hybridized carbons (Fsp3) is 0.294. The molecule has 0 radical (unpaired) electrons. The lowest BCUT2D eigenvalue weighted by molar-refractivity contribution is 0.568. The topological polar surface area (TPSA) is 12.0 Å². The van der Waals surface area contributed by atoms with E-state index in [1.165, 1.54) is 41.7 Å². The molecule has 3 heteroatoms. The highest BCUT2D eigenvalue weighted by molar-refractivity contribution is 5.35. The molecule has 1 nitrogen and oxygen atoms in total. The van der Waals surface area contributed by atoms with Crippen LogP contribution in [0.15, 0.2) is 36.4 Å². The smallest absolute Gasteiger partial charge is 0.127 e. The minimum Gasteiger partial charge on any atom is -0.309 e. The Kier molecular flexibility index (Phi) is 3.79. The number of nitrogens with one attached hydrogen (secondary N) is 1. The number of aryl methyl sites for hydroxylation is 2. The van der Waals surface area contributed by atoms with Crippen LogP contribution in [0.5, 0.6) is 0 Å². The summed E-state index contributed by atoms with van der Waals surface area (Å²) >= 11 is 0. The zero-order valence-electron chi connectivity index (χ0n) is 11.3. The Morgan fingerprint density at radius 1 is 0.900 bits per heavy atom. The van der Waals surface area contributed by atoms with Crippen LogP contribution in [0.4, 0.5) is 8.78 Å². The molecule has 0 amide bonds. The first-order valence-corrected chi connectivity index (χ1v) is 6.98. The van der Waals surface area contributed by atoms with Crippen LogP contribution in [0.1, 0.15) is 28.7 Å². The standard InChI is InChI=1S/C17H17F2N/c18-16-6-7-17(19)15(9-16)11-20-10-12-4-5-13-2-1-3-14(13)8-12/h4-9,20H,1-3,10-11H2. The fourth-order valence-electron chi connectivity index (χ4n) is 2.76. The van der Waals surface area contributed by atoms with E-state index in [4.69, 9.17) is 0 Å². The van der Waals surface area contributed by atoms with Gasteiger partial charge in [0.1, 0.15) is 11.6 Å². The molecule has 3 rings (SSSR count). The van der Waals surface area contributed by atoms with Crippen molar-refractivity contribution < 1.29 is 8.78 Å². The second-order valence-corrected chi connectivity index (χ2v) is 5.30. The van der Waals surface area contributed by atoms with Crippen molar-refractivity contribution in [3.8, 4) is 0 Å². The van der Waals surface area contributed by atoms with Gasteiger partial charge in [0.05, 0.1) is 0 Å². The van der Waals surface area contributed by atoms with Gasteiger partial charge in [0, 0.05) is 18.7 Å². The molecule has 20 heavy (non-hydrogen) atoms. The first-order valence-electron chi connectivity index (χ1n) is 6.98. The lowest BCUT2D eigenvalue weighted by Gasteiger charge is -2.08. The first kappa shape index (κ1) is 13.3. The summed E-state index contributed by atoms with van der Waals surface area (Å²) in [5, 5.41) is 3.17. The minimum absolute atomic E-state index is 0.334. The Morgan fingerprint density at radius 2 is 1.75 bits per heavy atom. The maximum Gasteiger partial charge on any atom is 0.127 e. The van der Waals surface area contributed by atoms with Gasteiger partial charge in [-0.2, -0.15) is 0 Å². The Balaban J connectivity index is 1.61. The molecule has 0 saturated heterocycles. The molecule has 0 unspecified atom stereocenters. The Hall–Kier alpha value is -1.74. The zero-order valence-corrected chi connectivity index (χ0v) is 11.3. The van der Waals surface area contributed by atoms with E-state index < -0.39 is 5.82 Å². The number of benzene rings is 2. The third kappa shape index (κ3) is 2.88. The monoisotopic (exact) mass is 273 g/mol. The molecule has 2 aromatic carbocycles. The summed E-state index contributed by atoms with van der Waals surface area (Å²) in [5.41, 5.74) is 4.44. The Labute approximate surface area is 117 Å². The largest absolute Gasteiger partial charge is 0.309 e. The van der Waals surface area contributed by atoms with Gasteiger partial charge in [-0.05, 0) is 54.2 Å². The van der Waals surface area contributed by atoms with E-state index in [0.717, 1.165) is 12.5 Å². The van der Waals surface area contributed by atoms with Crippen molar-refractivity contribution in [2.24, 2.45) is 0 Å². The predicted molar refractivity (Wildman–Crippen MR) is 75.4 cm³/mol. The molecule has 0 saturated carbocycles. The lowest BCUT2D eigenvalue weighted by atomic mass is 10.1. The third-order valence-electron chi connectivity index (χ3n) is 3.82. The van der Waals surface area contributed by atoms with Crippen LogP contribution >= 0.6 is 0 Å². The SMILES string of the molecule is Fc1ccc(F)c(CNCc2ccc3c(c2)CCC3)c1. The maximum atomic E-state index is 13.5. The first-order chi connectivity index (χ1) is 9.72. The summed E-state index contributed by atoms with van der Waals surface area (Å²) in [6, 6.07) is 10.1. The third-order valence-corrected chi connectivity index (χ3v) is 3.82. The molecule has 0 fully saturated rings. The van der Waals surface area contributed by atoms with Crippen LogP contribution in [0.2, 0.25) is 0 Å². The average Bonchev–Trinajstić information content (AvgIpc) is 2.90. The van der Waals surface area contributed by atoms with Crippen LogP contribution in [0, 0.1) is 11.6 Å². The normalized spacial score (nSPS) is 13.5. The molecule has 0 bridgehead atoms. The van der Waals surface area contributed by atoms with Crippen molar-refractivity contribution in [2.45, 2.75) is 32.4 Å². The van der Waals surface area contributed by atoms with E-state index in [-0.39, 0.29) is 5.82 Å². The van der Waals surface area contributed by atoms with E-state index in [1.807, 2.05) is 0 Å². The van der Waals surface area contributed by atoms with Crippen molar-refractivity contribution in [1.82, 2.24) is 5.32 Å². The second kappa shape index (κ2) is 5.71. The second-order valence-electron chi connectivity index (χ2n) is 5.30. The molecule has 1 aliphatic rings. The molecule has 0 atom stereocenters. The predicted octanol–water partition coefficient (Wildman–Crippen LogP) is 3.74. The highest BCUT2D eigenvalue weighted by Gasteiger charge is 2.10. The molecule has 0 aliphatic heterocycles. The number of hydrogen-bond donors (Lipinski definition) is 1. The van der Waals surface area contributed by atoms with Crippen LogP contribution in [-0.2, 0) is 25.9 Å². The van der Waals surface area contributed by atoms with Crippen molar-refractivity contribution >= 4 is 0 Å². The number of hydrogen-bond acceptors (Lipinski definition) is 1. The summed E-state index contributed by atoms with van der Waals surface area (Å²) in [4.78, 5) is 0. The van der Waals surface area contributed by atoms with Gasteiger partial charge < -0.3 is 5.32 Å². The maximum absolute atomic E-state index is 13.5. The summed E-state index contributed by atoms with van der Waals surface area (Å²) in [7, 11) is 0.